The molecule has 2 aromatic carbocycles. The summed E-state index contributed by atoms with van der Waals surface area (Å²) in [5, 5.41) is 36.5. The van der Waals surface area contributed by atoms with Crippen LogP contribution in [0.2, 0.25) is 0 Å². The molecule has 170 valence electrons. The zero-order chi connectivity index (χ0) is 24.2. The molecule has 0 saturated carbocycles. The fourth-order valence-electron chi connectivity index (χ4n) is 3.36. The molecule has 0 N–H and O–H groups in total. The SMILES string of the molecule is C1=C[N-]c2c3c(ccc2=C1)=CC=C[N-]3.C1=C[N-]c2c3c(ccc2=C1)=CC=C[N-]3.[Fe+6].[N-]=C=[Se].[N-]=C=[Se]. The van der Waals surface area contributed by atoms with Crippen molar-refractivity contribution in [3.8, 4) is 0 Å². The van der Waals surface area contributed by atoms with Gasteiger partial charge in [-0.2, -0.15) is 24.8 Å². The molecule has 0 atom stereocenters. The molecule has 35 heavy (non-hydrogen) atoms. The Labute approximate surface area is 229 Å². The molecule has 9 heteroatoms. The van der Waals surface area contributed by atoms with E-state index in [1.807, 2.05) is 24.3 Å². The van der Waals surface area contributed by atoms with Crippen molar-refractivity contribution in [3.63, 3.8) is 0 Å². The van der Waals surface area contributed by atoms with Gasteiger partial charge in [-0.1, -0.05) is 72.9 Å². The minimum atomic E-state index is 0. The van der Waals surface area contributed by atoms with E-state index in [4.69, 9.17) is 10.8 Å². The zero-order valence-corrected chi connectivity index (χ0v) is 22.6. The van der Waals surface area contributed by atoms with E-state index in [2.05, 4.69) is 101 Å². The molecular weight excluding hydrogens is 610 g/mol. The normalized spacial score (nSPS) is 12.8. The Morgan fingerprint density at radius 1 is 0.486 bits per heavy atom. The average Bonchev–Trinajstić information content (AvgIpc) is 2.90. The Hall–Kier alpha value is -3.20. The number of benzene rings is 2. The standard InChI is InChI=1S/2C12H8N2.2CNSe.Fe/c2*1-3-9-5-6-10-4-2-8-14-12(10)11(9)13-7-1;2*2-1-3;/h2*1-8H;;;/q2*-2;2*-1;+6. The van der Waals surface area contributed by atoms with Crippen molar-refractivity contribution in [1.82, 2.24) is 0 Å². The summed E-state index contributed by atoms with van der Waals surface area (Å²) in [5.41, 5.74) is 3.91. The fourth-order valence-corrected chi connectivity index (χ4v) is 3.36. The molecule has 2 aromatic rings. The Balaban J connectivity index is 0.000000198. The summed E-state index contributed by atoms with van der Waals surface area (Å²) < 4.78 is 3.25. The number of allylic oxidation sites excluding steroid dienone is 4. The molecule has 0 amide bonds. The van der Waals surface area contributed by atoms with Crippen molar-refractivity contribution in [3.05, 3.63) is 126 Å². The number of rotatable bonds is 0. The molecule has 0 aliphatic carbocycles. The summed E-state index contributed by atoms with van der Waals surface area (Å²) in [6, 6.07) is 8.30. The van der Waals surface area contributed by atoms with Gasteiger partial charge in [0.2, 0.25) is 0 Å². The van der Waals surface area contributed by atoms with Gasteiger partial charge >= 0.3 is 68.5 Å². The van der Waals surface area contributed by atoms with Crippen LogP contribution in [0.3, 0.4) is 0 Å². The molecule has 0 fully saturated rings. The van der Waals surface area contributed by atoms with Crippen LogP contribution in [-0.2, 0) is 17.1 Å². The second kappa shape index (κ2) is 14.9. The van der Waals surface area contributed by atoms with Gasteiger partial charge in [0.15, 0.2) is 0 Å². The van der Waals surface area contributed by atoms with Crippen LogP contribution < -0.4 is 20.9 Å². The Morgan fingerprint density at radius 3 is 0.886 bits per heavy atom. The van der Waals surface area contributed by atoms with Crippen molar-refractivity contribution in [1.29, 1.82) is 0 Å². The molecule has 0 saturated heterocycles. The van der Waals surface area contributed by atoms with Gasteiger partial charge in [-0.05, 0) is 20.9 Å². The van der Waals surface area contributed by atoms with Crippen LogP contribution in [0, 0.1) is 0 Å². The molecule has 0 aromatic heterocycles. The van der Waals surface area contributed by atoms with Crippen LogP contribution in [0.25, 0.3) is 56.4 Å². The van der Waals surface area contributed by atoms with E-state index in [1.54, 1.807) is 34.2 Å². The van der Waals surface area contributed by atoms with Gasteiger partial charge in [0.05, 0.1) is 0 Å². The van der Waals surface area contributed by atoms with Crippen LogP contribution in [0.1, 0.15) is 0 Å². The summed E-state index contributed by atoms with van der Waals surface area (Å²) in [6.45, 7) is 0. The van der Waals surface area contributed by atoms with Crippen molar-refractivity contribution in [2.45, 2.75) is 0 Å². The van der Waals surface area contributed by atoms with Crippen LogP contribution in [0.5, 0.6) is 0 Å². The Bertz CT molecular complexity index is 1290. The summed E-state index contributed by atoms with van der Waals surface area (Å²) in [6.07, 6.45) is 23.2. The van der Waals surface area contributed by atoms with Gasteiger partial charge in [0.25, 0.3) is 0 Å². The third-order valence-electron chi connectivity index (χ3n) is 4.69. The third-order valence-corrected chi connectivity index (χ3v) is 4.69. The monoisotopic (exact) mass is 628 g/mol. The quantitative estimate of drug-likeness (QED) is 0.314. The summed E-state index contributed by atoms with van der Waals surface area (Å²) in [7, 11) is 0. The predicted molar refractivity (Wildman–Crippen MR) is 146 cm³/mol. The van der Waals surface area contributed by atoms with Crippen LogP contribution in [0.15, 0.2) is 73.4 Å². The molecule has 0 spiro atoms. The second-order valence-electron chi connectivity index (χ2n) is 6.61. The average molecular weight is 626 g/mol. The van der Waals surface area contributed by atoms with E-state index >= 15 is 0 Å². The van der Waals surface area contributed by atoms with Crippen LogP contribution in [0.4, 0.5) is 22.7 Å². The number of hydrogen-bond donors (Lipinski definition) is 0. The van der Waals surface area contributed by atoms with Gasteiger partial charge in [-0.15, -0.1) is 22.7 Å². The molecular formula is C26H16FeN6Se2. The first kappa shape index (κ1) is 28.0. The van der Waals surface area contributed by atoms with Crippen LogP contribution >= 0.6 is 0 Å². The maximum absolute atomic E-state index is 7.26. The molecule has 0 radical (unpaired) electrons. The first-order chi connectivity index (χ1) is 16.7. The van der Waals surface area contributed by atoms with E-state index in [0.29, 0.717) is 0 Å². The molecule has 6 nitrogen and oxygen atoms in total. The summed E-state index contributed by atoms with van der Waals surface area (Å²) in [5.74, 6) is 0. The van der Waals surface area contributed by atoms with Gasteiger partial charge < -0.3 is 21.3 Å². The van der Waals surface area contributed by atoms with E-state index < -0.39 is 0 Å². The fraction of sp³-hybridized carbons (Fsp3) is 0. The van der Waals surface area contributed by atoms with Crippen molar-refractivity contribution < 1.29 is 17.1 Å². The van der Waals surface area contributed by atoms with Crippen molar-refractivity contribution in [2.75, 3.05) is 0 Å². The molecule has 6 rings (SSSR count). The van der Waals surface area contributed by atoms with Gasteiger partial charge in [0.1, 0.15) is 0 Å². The second-order valence-corrected chi connectivity index (χ2v) is 7.38. The first-order valence-corrected chi connectivity index (χ1v) is 11.6. The van der Waals surface area contributed by atoms with Gasteiger partial charge in [-0.3, -0.25) is 0 Å². The van der Waals surface area contributed by atoms with Crippen molar-refractivity contribution in [2.24, 2.45) is 0 Å². The minimum absolute atomic E-state index is 0. The molecule has 0 unspecified atom stereocenters. The first-order valence-electron chi connectivity index (χ1n) is 9.93. The summed E-state index contributed by atoms with van der Waals surface area (Å²) in [4.78, 5) is 0. The zero-order valence-electron chi connectivity index (χ0n) is 18.1. The molecule has 4 heterocycles. The number of nitrogens with zero attached hydrogens (tertiary/aromatic N) is 6. The number of fused-ring (bicyclic) bond motifs is 6. The van der Waals surface area contributed by atoms with Gasteiger partial charge in [-0.25, -0.2) is 0 Å². The topological polar surface area (TPSA) is 101 Å². The van der Waals surface area contributed by atoms with Crippen LogP contribution in [-0.4, -0.2) is 40.6 Å². The van der Waals surface area contributed by atoms with E-state index in [1.165, 1.54) is 0 Å². The Kier molecular flexibility index (Phi) is 12.0. The maximum atomic E-state index is 7.26. The molecule has 4 aliphatic rings. The predicted octanol–water partition coefficient (Wildman–Crippen LogP) is 3.88. The summed E-state index contributed by atoms with van der Waals surface area (Å²) >= 11 is 4.22. The van der Waals surface area contributed by atoms with E-state index in [9.17, 15) is 0 Å². The van der Waals surface area contributed by atoms with E-state index in [-0.39, 0.29) is 17.1 Å². The number of hydrogen-bond acceptors (Lipinski definition) is 0. The molecule has 4 aliphatic heterocycles. The Morgan fingerprint density at radius 2 is 0.686 bits per heavy atom. The van der Waals surface area contributed by atoms with Crippen molar-refractivity contribution >= 4 is 87.6 Å². The molecule has 0 bridgehead atoms. The third kappa shape index (κ3) is 7.39. The van der Waals surface area contributed by atoms with E-state index in [0.717, 1.165) is 43.6 Å². The van der Waals surface area contributed by atoms with Gasteiger partial charge in [0, 0.05) is 0 Å².